The van der Waals surface area contributed by atoms with Crippen molar-refractivity contribution in [3.05, 3.63) is 29.8 Å². The van der Waals surface area contributed by atoms with Crippen LogP contribution in [0.3, 0.4) is 0 Å². The molecule has 0 unspecified atom stereocenters. The van der Waals surface area contributed by atoms with E-state index < -0.39 is 20.5 Å². The number of piperidine rings is 2. The lowest BCUT2D eigenvalue weighted by atomic mass is 9.95. The van der Waals surface area contributed by atoms with Gasteiger partial charge >= 0.3 is 0 Å². The summed E-state index contributed by atoms with van der Waals surface area (Å²) in [5, 5.41) is 6.01. The molecule has 0 aliphatic carbocycles. The van der Waals surface area contributed by atoms with E-state index in [1.165, 1.54) is 25.5 Å². The van der Waals surface area contributed by atoms with Gasteiger partial charge in [0.2, 0.25) is 5.91 Å². The van der Waals surface area contributed by atoms with Crippen LogP contribution in [0.1, 0.15) is 37.7 Å². The first-order chi connectivity index (χ1) is 12.4. The van der Waals surface area contributed by atoms with Crippen molar-refractivity contribution in [2.45, 2.75) is 43.4 Å². The zero-order valence-corrected chi connectivity index (χ0v) is 16.3. The molecule has 6 nitrogen and oxygen atoms in total. The third-order valence-corrected chi connectivity index (χ3v) is 7.59. The van der Waals surface area contributed by atoms with Crippen LogP contribution < -0.4 is 10.6 Å². The zero-order valence-electron chi connectivity index (χ0n) is 15.5. The van der Waals surface area contributed by atoms with E-state index in [0.717, 1.165) is 25.2 Å². The summed E-state index contributed by atoms with van der Waals surface area (Å²) >= 11 is 0. The highest BCUT2D eigenvalue weighted by Crippen LogP contribution is 2.29. The van der Waals surface area contributed by atoms with Crippen molar-refractivity contribution in [3.8, 4) is 0 Å². The Balaban J connectivity index is 1.73. The van der Waals surface area contributed by atoms with E-state index in [1.54, 1.807) is 0 Å². The lowest BCUT2D eigenvalue weighted by Gasteiger charge is -2.34. The summed E-state index contributed by atoms with van der Waals surface area (Å²) in [6.07, 6.45) is 5.57. The number of likely N-dealkylation sites (tertiary alicyclic amines) is 1. The minimum atomic E-state index is -3.50. The van der Waals surface area contributed by atoms with Crippen molar-refractivity contribution in [1.29, 1.82) is 0 Å². The van der Waals surface area contributed by atoms with E-state index in [0.29, 0.717) is 31.6 Å². The number of carbonyl (C=O) groups is 1. The molecule has 1 amide bonds. The number of hydrogen-bond donors (Lipinski definition) is 2. The van der Waals surface area contributed by atoms with Gasteiger partial charge in [-0.15, -0.1) is 0 Å². The van der Waals surface area contributed by atoms with Crippen LogP contribution in [0.2, 0.25) is 0 Å². The Labute approximate surface area is 156 Å². The predicted molar refractivity (Wildman–Crippen MR) is 104 cm³/mol. The number of benzene rings is 1. The van der Waals surface area contributed by atoms with Crippen molar-refractivity contribution in [3.63, 3.8) is 0 Å². The van der Waals surface area contributed by atoms with E-state index in [-0.39, 0.29) is 0 Å². The fourth-order valence-corrected chi connectivity index (χ4v) is 5.30. The highest BCUT2D eigenvalue weighted by Gasteiger charge is 2.48. The highest BCUT2D eigenvalue weighted by molar-refractivity contribution is 7.92. The van der Waals surface area contributed by atoms with Crippen LogP contribution in [0.4, 0.5) is 5.69 Å². The third-order valence-electron chi connectivity index (χ3n) is 5.57. The molecule has 2 heterocycles. The van der Waals surface area contributed by atoms with Crippen molar-refractivity contribution in [1.82, 2.24) is 10.2 Å². The number of sulfone groups is 1. The molecule has 2 aliphatic rings. The maximum atomic E-state index is 12.9. The van der Waals surface area contributed by atoms with Crippen LogP contribution in [0, 0.1) is 0 Å². The molecular formula is C19H29N3O3S. The number of rotatable bonds is 5. The minimum absolute atomic E-state index is 0.311. The van der Waals surface area contributed by atoms with E-state index in [1.807, 2.05) is 18.2 Å². The van der Waals surface area contributed by atoms with Gasteiger partial charge in [0.05, 0.1) is 0 Å². The van der Waals surface area contributed by atoms with Gasteiger partial charge in [0, 0.05) is 18.5 Å². The van der Waals surface area contributed by atoms with Gasteiger partial charge in [0.15, 0.2) is 14.6 Å². The molecule has 0 bridgehead atoms. The van der Waals surface area contributed by atoms with E-state index in [9.17, 15) is 13.2 Å². The van der Waals surface area contributed by atoms with Crippen LogP contribution in [-0.4, -0.2) is 56.4 Å². The van der Waals surface area contributed by atoms with E-state index in [4.69, 9.17) is 0 Å². The molecule has 3 rings (SSSR count). The standard InChI is InChI=1S/C19H29N3O3S/c1-26(24,25)19(8-10-20-11-9-19)18(23)21-17-7-5-6-16(14-17)15-22-12-3-2-4-13-22/h5-7,14,20H,2-4,8-13,15H2,1H3,(H,21,23). The summed E-state index contributed by atoms with van der Waals surface area (Å²) in [6, 6.07) is 7.77. The fourth-order valence-electron chi connectivity index (χ4n) is 3.97. The number of nitrogens with zero attached hydrogens (tertiary/aromatic N) is 1. The Morgan fingerprint density at radius 3 is 2.54 bits per heavy atom. The number of nitrogens with one attached hydrogen (secondary N) is 2. The Bertz CT molecular complexity index is 736. The van der Waals surface area contributed by atoms with Crippen molar-refractivity contribution in [2.75, 3.05) is 37.8 Å². The zero-order chi connectivity index (χ0) is 18.6. The Hall–Kier alpha value is -1.44. The van der Waals surface area contributed by atoms with E-state index in [2.05, 4.69) is 21.6 Å². The van der Waals surface area contributed by atoms with Crippen LogP contribution >= 0.6 is 0 Å². The van der Waals surface area contributed by atoms with Gasteiger partial charge in [-0.2, -0.15) is 0 Å². The van der Waals surface area contributed by atoms with Crippen molar-refractivity contribution in [2.24, 2.45) is 0 Å². The van der Waals surface area contributed by atoms with Crippen LogP contribution in [0.5, 0.6) is 0 Å². The highest BCUT2D eigenvalue weighted by atomic mass is 32.2. The first-order valence-electron chi connectivity index (χ1n) is 9.44. The van der Waals surface area contributed by atoms with E-state index >= 15 is 0 Å². The molecule has 0 radical (unpaired) electrons. The lowest BCUT2D eigenvalue weighted by Crippen LogP contribution is -2.55. The van der Waals surface area contributed by atoms with Gasteiger partial charge in [-0.25, -0.2) is 8.42 Å². The van der Waals surface area contributed by atoms with Crippen LogP contribution in [0.25, 0.3) is 0 Å². The summed E-state index contributed by atoms with van der Waals surface area (Å²) in [5.41, 5.74) is 1.81. The Morgan fingerprint density at radius 2 is 1.88 bits per heavy atom. The molecule has 0 aromatic heterocycles. The van der Waals surface area contributed by atoms with Crippen LogP contribution in [0.15, 0.2) is 24.3 Å². The summed E-state index contributed by atoms with van der Waals surface area (Å²) in [5.74, 6) is -0.406. The number of amides is 1. The number of hydrogen-bond acceptors (Lipinski definition) is 5. The molecule has 2 aliphatic heterocycles. The molecule has 1 aromatic carbocycles. The molecule has 144 valence electrons. The second-order valence-corrected chi connectivity index (χ2v) is 9.83. The monoisotopic (exact) mass is 379 g/mol. The largest absolute Gasteiger partial charge is 0.325 e. The fraction of sp³-hybridized carbons (Fsp3) is 0.632. The first-order valence-corrected chi connectivity index (χ1v) is 11.3. The average molecular weight is 380 g/mol. The molecule has 7 heteroatoms. The molecule has 26 heavy (non-hydrogen) atoms. The molecule has 0 saturated carbocycles. The van der Waals surface area contributed by atoms with Gasteiger partial charge in [0.1, 0.15) is 0 Å². The SMILES string of the molecule is CS(=O)(=O)C1(C(=O)Nc2cccc(CN3CCCCC3)c2)CCNCC1. The normalized spacial score (nSPS) is 21.3. The third kappa shape index (κ3) is 4.27. The van der Waals surface area contributed by atoms with Gasteiger partial charge < -0.3 is 10.6 Å². The van der Waals surface area contributed by atoms with Gasteiger partial charge in [-0.3, -0.25) is 9.69 Å². The Morgan fingerprint density at radius 1 is 1.19 bits per heavy atom. The topological polar surface area (TPSA) is 78.5 Å². The second-order valence-electron chi connectivity index (χ2n) is 7.51. The maximum Gasteiger partial charge on any atom is 0.245 e. The number of anilines is 1. The Kier molecular flexibility index (Phi) is 5.99. The molecular weight excluding hydrogens is 350 g/mol. The summed E-state index contributed by atoms with van der Waals surface area (Å²) in [4.78, 5) is 15.3. The lowest BCUT2D eigenvalue weighted by molar-refractivity contribution is -0.119. The van der Waals surface area contributed by atoms with Crippen molar-refractivity contribution < 1.29 is 13.2 Å². The maximum absolute atomic E-state index is 12.9. The molecule has 0 spiro atoms. The predicted octanol–water partition coefficient (Wildman–Crippen LogP) is 1.78. The van der Waals surface area contributed by atoms with Gasteiger partial charge in [-0.05, 0) is 69.6 Å². The summed E-state index contributed by atoms with van der Waals surface area (Å²) in [7, 11) is -3.50. The molecule has 2 fully saturated rings. The van der Waals surface area contributed by atoms with Crippen molar-refractivity contribution >= 4 is 21.4 Å². The quantitative estimate of drug-likeness (QED) is 0.815. The van der Waals surface area contributed by atoms with Gasteiger partial charge in [0.25, 0.3) is 0 Å². The second kappa shape index (κ2) is 8.06. The average Bonchev–Trinajstić information content (AvgIpc) is 2.62. The molecule has 1 aromatic rings. The van der Waals surface area contributed by atoms with Gasteiger partial charge in [-0.1, -0.05) is 18.6 Å². The molecule has 2 saturated heterocycles. The molecule has 0 atom stereocenters. The molecule has 2 N–H and O–H groups in total. The summed E-state index contributed by atoms with van der Waals surface area (Å²) < 4.78 is 23.4. The number of carbonyl (C=O) groups excluding carboxylic acids is 1. The van der Waals surface area contributed by atoms with Crippen LogP contribution in [-0.2, 0) is 21.2 Å². The first kappa shape index (κ1) is 19.3. The smallest absolute Gasteiger partial charge is 0.245 e. The summed E-state index contributed by atoms with van der Waals surface area (Å²) in [6.45, 7) is 4.16. The minimum Gasteiger partial charge on any atom is -0.325 e.